The van der Waals surface area contributed by atoms with Crippen LogP contribution >= 0.6 is 0 Å². The molecule has 1 heterocycles. The number of hydrogen-bond donors (Lipinski definition) is 1. The number of rotatable bonds is 1. The molecule has 0 saturated heterocycles. The molecule has 0 amide bonds. The van der Waals surface area contributed by atoms with E-state index < -0.39 is 5.97 Å². The number of aromatic carboxylic acids is 1. The number of benzene rings is 1. The first kappa shape index (κ1) is 9.70. The SMILES string of the molecule is O=C(O)c1c2c(nc3ccccc13)C=CC=[C+]2. The van der Waals surface area contributed by atoms with E-state index in [0.717, 1.165) is 0 Å². The second kappa shape index (κ2) is 3.51. The van der Waals surface area contributed by atoms with Crippen molar-refractivity contribution >= 4 is 22.9 Å². The molecule has 1 aliphatic carbocycles. The van der Waals surface area contributed by atoms with Gasteiger partial charge in [-0.15, -0.1) is 0 Å². The summed E-state index contributed by atoms with van der Waals surface area (Å²) < 4.78 is 0. The highest BCUT2D eigenvalue weighted by Crippen LogP contribution is 2.26. The summed E-state index contributed by atoms with van der Waals surface area (Å²) in [5.74, 6) is -0.948. The van der Waals surface area contributed by atoms with Crippen molar-refractivity contribution in [3.63, 3.8) is 0 Å². The van der Waals surface area contributed by atoms with Crippen LogP contribution in [0.1, 0.15) is 21.6 Å². The summed E-state index contributed by atoms with van der Waals surface area (Å²) in [6, 6.07) is 7.24. The Kier molecular flexibility index (Phi) is 2.00. The summed E-state index contributed by atoms with van der Waals surface area (Å²) in [5, 5.41) is 9.98. The van der Waals surface area contributed by atoms with E-state index in [2.05, 4.69) is 11.1 Å². The van der Waals surface area contributed by atoms with Gasteiger partial charge in [-0.05, 0) is 12.1 Å². The van der Waals surface area contributed by atoms with E-state index in [1.807, 2.05) is 18.2 Å². The van der Waals surface area contributed by atoms with Gasteiger partial charge in [0.15, 0.2) is 16.8 Å². The first-order chi connectivity index (χ1) is 8.27. The van der Waals surface area contributed by atoms with E-state index in [9.17, 15) is 9.90 Å². The number of nitrogens with zero attached hydrogens (tertiary/aromatic N) is 1. The number of carboxylic acids is 1. The molecular formula is C14H8NO2+. The maximum Gasteiger partial charge on any atom is 0.381 e. The molecule has 1 aliphatic rings. The molecule has 0 spiro atoms. The van der Waals surface area contributed by atoms with Gasteiger partial charge >= 0.3 is 5.97 Å². The lowest BCUT2D eigenvalue weighted by Gasteiger charge is -2.03. The Labute approximate surface area is 97.7 Å². The van der Waals surface area contributed by atoms with Crippen LogP contribution in [0.25, 0.3) is 17.0 Å². The van der Waals surface area contributed by atoms with Crippen LogP contribution in [0.3, 0.4) is 0 Å². The topological polar surface area (TPSA) is 50.2 Å². The maximum atomic E-state index is 11.4. The maximum absolute atomic E-state index is 11.4. The van der Waals surface area contributed by atoms with Crippen LogP contribution in [0, 0.1) is 6.08 Å². The molecule has 0 aliphatic heterocycles. The molecule has 3 heteroatoms. The van der Waals surface area contributed by atoms with E-state index >= 15 is 0 Å². The fraction of sp³-hybridized carbons (Fsp3) is 0. The highest BCUT2D eigenvalue weighted by molar-refractivity contribution is 6.05. The van der Waals surface area contributed by atoms with Crippen molar-refractivity contribution in [3.8, 4) is 0 Å². The van der Waals surface area contributed by atoms with Crippen LogP contribution in [0.5, 0.6) is 0 Å². The van der Waals surface area contributed by atoms with Gasteiger partial charge in [-0.25, -0.2) is 4.79 Å². The Morgan fingerprint density at radius 3 is 2.94 bits per heavy atom. The fourth-order valence-corrected chi connectivity index (χ4v) is 1.99. The number of hydrogen-bond acceptors (Lipinski definition) is 2. The van der Waals surface area contributed by atoms with Crippen molar-refractivity contribution < 1.29 is 9.90 Å². The van der Waals surface area contributed by atoms with Gasteiger partial charge in [-0.2, -0.15) is 4.98 Å². The number of fused-ring (bicyclic) bond motifs is 2. The number of allylic oxidation sites excluding steroid dienone is 2. The highest BCUT2D eigenvalue weighted by atomic mass is 16.4. The smallest absolute Gasteiger partial charge is 0.381 e. The van der Waals surface area contributed by atoms with Crippen LogP contribution in [0.15, 0.2) is 36.4 Å². The standard InChI is InChI=1S/C14H7NO2/c16-14(17)13-9-5-1-3-7-11(9)15-12-8-4-2-6-10(12)13/h1-5,7-8H/p+1. The fourth-order valence-electron chi connectivity index (χ4n) is 1.99. The minimum atomic E-state index is -0.948. The lowest BCUT2D eigenvalue weighted by Crippen LogP contribution is -2.06. The predicted octanol–water partition coefficient (Wildman–Crippen LogP) is 2.67. The molecule has 80 valence electrons. The third kappa shape index (κ3) is 1.41. The monoisotopic (exact) mass is 222 g/mol. The molecule has 0 unspecified atom stereocenters. The van der Waals surface area contributed by atoms with Gasteiger partial charge in [0.25, 0.3) is 0 Å². The summed E-state index contributed by atoms with van der Waals surface area (Å²) in [7, 11) is 0. The zero-order chi connectivity index (χ0) is 11.8. The molecule has 0 saturated carbocycles. The molecule has 0 bridgehead atoms. The molecule has 1 aromatic heterocycles. The van der Waals surface area contributed by atoms with Gasteiger partial charge < -0.3 is 5.11 Å². The highest BCUT2D eigenvalue weighted by Gasteiger charge is 2.26. The third-order valence-electron chi connectivity index (χ3n) is 2.71. The summed E-state index contributed by atoms with van der Waals surface area (Å²) in [5.41, 5.74) is 2.17. The minimum Gasteiger partial charge on any atom is -0.470 e. The van der Waals surface area contributed by atoms with Crippen molar-refractivity contribution in [2.24, 2.45) is 0 Å². The number of carboxylic acid groups (broad SMARTS) is 1. The second-order valence-electron chi connectivity index (χ2n) is 3.74. The van der Waals surface area contributed by atoms with E-state index in [1.54, 1.807) is 24.3 Å². The average Bonchev–Trinajstić information content (AvgIpc) is 2.35. The molecule has 3 nitrogen and oxygen atoms in total. The van der Waals surface area contributed by atoms with Crippen LogP contribution < -0.4 is 0 Å². The Balaban J connectivity index is 2.50. The molecule has 1 N–H and O–H groups in total. The zero-order valence-corrected chi connectivity index (χ0v) is 8.84. The first-order valence-corrected chi connectivity index (χ1v) is 5.20. The van der Waals surface area contributed by atoms with Gasteiger partial charge in [0.2, 0.25) is 0 Å². The molecule has 0 fully saturated rings. The van der Waals surface area contributed by atoms with E-state index in [4.69, 9.17) is 0 Å². The number of pyridine rings is 1. The number of aromatic nitrogens is 1. The van der Waals surface area contributed by atoms with Crippen LogP contribution in [0.2, 0.25) is 0 Å². The van der Waals surface area contributed by atoms with Gasteiger partial charge in [0.05, 0.1) is 17.0 Å². The van der Waals surface area contributed by atoms with Gasteiger partial charge in [-0.3, -0.25) is 0 Å². The van der Waals surface area contributed by atoms with Crippen LogP contribution in [-0.4, -0.2) is 16.1 Å². The predicted molar refractivity (Wildman–Crippen MR) is 64.7 cm³/mol. The Morgan fingerprint density at radius 2 is 2.12 bits per heavy atom. The van der Waals surface area contributed by atoms with E-state index in [0.29, 0.717) is 22.2 Å². The molecule has 1 aromatic carbocycles. The van der Waals surface area contributed by atoms with Gasteiger partial charge in [0, 0.05) is 18.2 Å². The van der Waals surface area contributed by atoms with Crippen molar-refractivity contribution in [2.75, 3.05) is 0 Å². The van der Waals surface area contributed by atoms with E-state index in [1.165, 1.54) is 0 Å². The van der Waals surface area contributed by atoms with Crippen molar-refractivity contribution in [1.82, 2.24) is 4.98 Å². The van der Waals surface area contributed by atoms with Gasteiger partial charge in [-0.1, -0.05) is 12.1 Å². The Bertz CT molecular complexity index is 684. The normalized spacial score (nSPS) is 12.2. The van der Waals surface area contributed by atoms with E-state index in [-0.39, 0.29) is 5.56 Å². The molecule has 0 atom stereocenters. The Morgan fingerprint density at radius 1 is 1.29 bits per heavy atom. The van der Waals surface area contributed by atoms with Crippen molar-refractivity contribution in [3.05, 3.63) is 59.3 Å². The Hall–Kier alpha value is -2.51. The summed E-state index contributed by atoms with van der Waals surface area (Å²) in [6.45, 7) is 0. The zero-order valence-electron chi connectivity index (χ0n) is 8.84. The van der Waals surface area contributed by atoms with Crippen LogP contribution in [0.4, 0.5) is 0 Å². The summed E-state index contributed by atoms with van der Waals surface area (Å²) in [4.78, 5) is 15.8. The first-order valence-electron chi connectivity index (χ1n) is 5.20. The van der Waals surface area contributed by atoms with Gasteiger partial charge in [0.1, 0.15) is 0 Å². The lowest BCUT2D eigenvalue weighted by atomic mass is 9.97. The quantitative estimate of drug-likeness (QED) is 0.754. The third-order valence-corrected chi connectivity index (χ3v) is 2.71. The minimum absolute atomic E-state index is 0.270. The van der Waals surface area contributed by atoms with Crippen LogP contribution in [-0.2, 0) is 0 Å². The largest absolute Gasteiger partial charge is 0.470 e. The summed E-state index contributed by atoms with van der Waals surface area (Å²) in [6.07, 6.45) is 8.25. The molecular weight excluding hydrogens is 214 g/mol. The molecule has 17 heavy (non-hydrogen) atoms. The van der Waals surface area contributed by atoms with Crippen molar-refractivity contribution in [1.29, 1.82) is 0 Å². The number of carbonyl (C=O) groups is 1. The lowest BCUT2D eigenvalue weighted by molar-refractivity contribution is 0.0698. The average molecular weight is 222 g/mol. The summed E-state index contributed by atoms with van der Waals surface area (Å²) >= 11 is 0. The number of para-hydroxylation sites is 1. The molecule has 2 aromatic rings. The second-order valence-corrected chi connectivity index (χ2v) is 3.74. The van der Waals surface area contributed by atoms with Crippen molar-refractivity contribution in [2.45, 2.75) is 0 Å². The molecule has 3 rings (SSSR count). The molecule has 0 radical (unpaired) electrons.